The highest BCUT2D eigenvalue weighted by Gasteiger charge is 2.44. The number of alkyl carbamates (subject to hydrolysis) is 1. The van der Waals surface area contributed by atoms with E-state index in [-0.39, 0.29) is 29.9 Å². The minimum atomic E-state index is -1.12. The Hall–Kier alpha value is -5.73. The summed E-state index contributed by atoms with van der Waals surface area (Å²) in [6.45, 7) is 9.01. The molecule has 3 unspecified atom stereocenters. The quantitative estimate of drug-likeness (QED) is 0.207. The number of anilines is 1. The number of hydrazone groups is 1. The zero-order valence-corrected chi connectivity index (χ0v) is 28.8. The lowest BCUT2D eigenvalue weighted by Gasteiger charge is -2.34. The lowest BCUT2D eigenvalue weighted by atomic mass is 9.94. The third-order valence-electron chi connectivity index (χ3n) is 7.90. The minimum Gasteiger partial charge on any atom is -0.445 e. The first kappa shape index (κ1) is 37.1. The molecule has 3 N–H and O–H groups in total. The van der Waals surface area contributed by atoms with Crippen molar-refractivity contribution in [3.05, 3.63) is 77.0 Å². The predicted molar refractivity (Wildman–Crippen MR) is 185 cm³/mol. The van der Waals surface area contributed by atoms with Crippen molar-refractivity contribution in [2.75, 3.05) is 24.8 Å². The number of benzene rings is 2. The van der Waals surface area contributed by atoms with Gasteiger partial charge in [-0.25, -0.2) is 24.3 Å². The SMILES string of the molecule is CCCNC(=O)C1=CN2N=CN=C(N(C(=O)OCOC(=O)C(C)NC(=O)OCc3ccccc3)c3cc(C(=O)NCCC)ccc3C)C2C1C. The van der Waals surface area contributed by atoms with E-state index in [1.54, 1.807) is 60.6 Å². The summed E-state index contributed by atoms with van der Waals surface area (Å²) >= 11 is 0. The third-order valence-corrected chi connectivity index (χ3v) is 7.90. The molecule has 3 atom stereocenters. The normalized spacial score (nSPS) is 16.6. The number of rotatable bonds is 13. The molecule has 4 rings (SSSR count). The van der Waals surface area contributed by atoms with Crippen LogP contribution in [0, 0.1) is 12.8 Å². The molecule has 2 heterocycles. The molecule has 266 valence electrons. The summed E-state index contributed by atoms with van der Waals surface area (Å²) < 4.78 is 15.7. The molecule has 15 nitrogen and oxygen atoms in total. The van der Waals surface area contributed by atoms with Gasteiger partial charge in [0.2, 0.25) is 12.7 Å². The van der Waals surface area contributed by atoms with Gasteiger partial charge in [-0.2, -0.15) is 5.10 Å². The van der Waals surface area contributed by atoms with Gasteiger partial charge in [0.05, 0.1) is 5.69 Å². The molecule has 2 aliphatic heterocycles. The van der Waals surface area contributed by atoms with Crippen LogP contribution in [0.5, 0.6) is 0 Å². The summed E-state index contributed by atoms with van der Waals surface area (Å²) in [5, 5.41) is 13.9. The number of esters is 1. The van der Waals surface area contributed by atoms with Crippen molar-refractivity contribution in [2.24, 2.45) is 16.0 Å². The van der Waals surface area contributed by atoms with E-state index < -0.39 is 43.0 Å². The molecule has 0 saturated carbocycles. The molecule has 2 aromatic carbocycles. The fraction of sp³-hybridized carbons (Fsp3) is 0.400. The zero-order valence-electron chi connectivity index (χ0n) is 28.8. The van der Waals surface area contributed by atoms with E-state index >= 15 is 0 Å². The molecule has 0 bridgehead atoms. The van der Waals surface area contributed by atoms with Crippen LogP contribution in [0.2, 0.25) is 0 Å². The number of aryl methyl sites for hydroxylation is 1. The number of hydrogen-bond acceptors (Lipinski definition) is 11. The molecule has 0 aromatic heterocycles. The number of hydrogen-bond donors (Lipinski definition) is 3. The summed E-state index contributed by atoms with van der Waals surface area (Å²) in [6, 6.07) is 12.1. The predicted octanol–water partition coefficient (Wildman–Crippen LogP) is 3.98. The number of amides is 4. The molecule has 0 saturated heterocycles. The molecule has 0 aliphatic carbocycles. The van der Waals surface area contributed by atoms with Crippen LogP contribution in [0.3, 0.4) is 0 Å². The van der Waals surface area contributed by atoms with Gasteiger partial charge in [0.15, 0.2) is 0 Å². The van der Waals surface area contributed by atoms with Crippen LogP contribution >= 0.6 is 0 Å². The van der Waals surface area contributed by atoms with Crippen LogP contribution in [0.1, 0.15) is 62.0 Å². The number of aliphatic imine (C=N–C) groups is 1. The van der Waals surface area contributed by atoms with Crippen molar-refractivity contribution in [3.63, 3.8) is 0 Å². The van der Waals surface area contributed by atoms with E-state index in [0.717, 1.165) is 18.4 Å². The van der Waals surface area contributed by atoms with Crippen LogP contribution in [-0.2, 0) is 30.4 Å². The highest BCUT2D eigenvalue weighted by molar-refractivity contribution is 6.20. The maximum Gasteiger partial charge on any atom is 0.422 e. The monoisotopic (exact) mass is 689 g/mol. The van der Waals surface area contributed by atoms with Crippen LogP contribution < -0.4 is 20.9 Å². The van der Waals surface area contributed by atoms with E-state index in [1.165, 1.54) is 18.2 Å². The summed E-state index contributed by atoms with van der Waals surface area (Å²) in [5.41, 5.74) is 2.40. The third kappa shape index (κ3) is 9.24. The Balaban J connectivity index is 1.51. The second-order valence-corrected chi connectivity index (χ2v) is 11.7. The summed E-state index contributed by atoms with van der Waals surface area (Å²) in [5.74, 6) is -1.76. The van der Waals surface area contributed by atoms with Crippen molar-refractivity contribution in [1.82, 2.24) is 21.0 Å². The Labute approximate surface area is 290 Å². The van der Waals surface area contributed by atoms with Crippen molar-refractivity contribution >= 4 is 47.8 Å². The van der Waals surface area contributed by atoms with Crippen LogP contribution in [0.25, 0.3) is 0 Å². The first-order chi connectivity index (χ1) is 24.0. The van der Waals surface area contributed by atoms with Gasteiger partial charge in [-0.3, -0.25) is 14.6 Å². The van der Waals surface area contributed by atoms with Crippen molar-refractivity contribution in [2.45, 2.75) is 66.2 Å². The van der Waals surface area contributed by atoms with Crippen LogP contribution in [-0.4, -0.2) is 79.1 Å². The van der Waals surface area contributed by atoms with Gasteiger partial charge in [0.1, 0.15) is 30.9 Å². The van der Waals surface area contributed by atoms with E-state index in [9.17, 15) is 24.0 Å². The highest BCUT2D eigenvalue weighted by Crippen LogP contribution is 2.34. The number of ether oxygens (including phenoxy) is 3. The number of carbonyl (C=O) groups is 5. The second-order valence-electron chi connectivity index (χ2n) is 11.7. The molecule has 0 fully saturated rings. The lowest BCUT2D eigenvalue weighted by Crippen LogP contribution is -2.51. The molecule has 15 heteroatoms. The average molecular weight is 690 g/mol. The molecule has 0 spiro atoms. The van der Waals surface area contributed by atoms with Gasteiger partial charge >= 0.3 is 18.2 Å². The van der Waals surface area contributed by atoms with Gasteiger partial charge in [0, 0.05) is 36.3 Å². The Kier molecular flexibility index (Phi) is 13.1. The fourth-order valence-corrected chi connectivity index (χ4v) is 5.18. The molecule has 4 amide bonds. The summed E-state index contributed by atoms with van der Waals surface area (Å²) in [6.07, 6.45) is 2.54. The molecule has 2 aromatic rings. The van der Waals surface area contributed by atoms with Crippen molar-refractivity contribution < 1.29 is 38.2 Å². The number of amidine groups is 1. The summed E-state index contributed by atoms with van der Waals surface area (Å²) in [7, 11) is 0. The summed E-state index contributed by atoms with van der Waals surface area (Å²) in [4.78, 5) is 70.4. The first-order valence-electron chi connectivity index (χ1n) is 16.4. The van der Waals surface area contributed by atoms with Gasteiger partial charge in [0.25, 0.3) is 5.91 Å². The maximum absolute atomic E-state index is 13.9. The Bertz CT molecular complexity index is 1660. The molecular formula is C35H43N7O8. The molecular weight excluding hydrogens is 646 g/mol. The van der Waals surface area contributed by atoms with Gasteiger partial charge in [-0.15, -0.1) is 0 Å². The molecule has 50 heavy (non-hydrogen) atoms. The van der Waals surface area contributed by atoms with Crippen LogP contribution in [0.15, 0.2) is 70.4 Å². The topological polar surface area (TPSA) is 180 Å². The molecule has 0 radical (unpaired) electrons. The largest absolute Gasteiger partial charge is 0.445 e. The number of carbonyl (C=O) groups excluding carboxylic acids is 5. The lowest BCUT2D eigenvalue weighted by molar-refractivity contribution is -0.153. The standard InChI is InChI=1S/C35H43N7O8/c1-6-15-36-31(43)26-14-13-22(3)28(17-26)42(30-29-23(4)27(32(44)37-16-7-2)18-41(29)39-20-38-30)35(47)50-21-49-33(45)24(5)40-34(46)48-19-25-11-9-8-10-12-25/h8-14,17-18,20,23-24,29H,6-7,15-16,19,21H2,1-5H3,(H,36,43)(H,37,44)(H,40,46). The van der Waals surface area contributed by atoms with Crippen LogP contribution in [0.4, 0.5) is 15.3 Å². The Morgan fingerprint density at radius 1 is 0.940 bits per heavy atom. The van der Waals surface area contributed by atoms with E-state index in [2.05, 4.69) is 26.0 Å². The highest BCUT2D eigenvalue weighted by atomic mass is 16.7. The maximum atomic E-state index is 13.9. The fourth-order valence-electron chi connectivity index (χ4n) is 5.18. The zero-order chi connectivity index (χ0) is 36.2. The average Bonchev–Trinajstić information content (AvgIpc) is 3.46. The Morgan fingerprint density at radius 3 is 2.34 bits per heavy atom. The minimum absolute atomic E-state index is 0.00876. The number of nitrogens with one attached hydrogen (secondary N) is 3. The second kappa shape index (κ2) is 17.6. The van der Waals surface area contributed by atoms with E-state index in [4.69, 9.17) is 14.2 Å². The smallest absolute Gasteiger partial charge is 0.422 e. The van der Waals surface area contributed by atoms with Crippen molar-refractivity contribution in [3.8, 4) is 0 Å². The van der Waals surface area contributed by atoms with E-state index in [1.807, 2.05) is 26.8 Å². The van der Waals surface area contributed by atoms with Gasteiger partial charge in [-0.05, 0) is 49.9 Å². The molecule has 2 aliphatic rings. The van der Waals surface area contributed by atoms with E-state index in [0.29, 0.717) is 29.8 Å². The number of nitrogens with zero attached hydrogens (tertiary/aromatic N) is 4. The van der Waals surface area contributed by atoms with Crippen molar-refractivity contribution in [1.29, 1.82) is 0 Å². The Morgan fingerprint density at radius 2 is 1.64 bits per heavy atom. The first-order valence-corrected chi connectivity index (χ1v) is 16.4. The van der Waals surface area contributed by atoms with Gasteiger partial charge in [-0.1, -0.05) is 57.2 Å². The van der Waals surface area contributed by atoms with Gasteiger partial charge < -0.3 is 30.2 Å². The number of fused-ring (bicyclic) bond motifs is 1.